The highest BCUT2D eigenvalue weighted by Gasteiger charge is 2.36. The van der Waals surface area contributed by atoms with E-state index in [2.05, 4.69) is 12.2 Å². The van der Waals surface area contributed by atoms with Crippen molar-refractivity contribution in [2.24, 2.45) is 17.8 Å². The van der Waals surface area contributed by atoms with Crippen molar-refractivity contribution in [3.05, 3.63) is 48.0 Å². The summed E-state index contributed by atoms with van der Waals surface area (Å²) < 4.78 is 5.39. The first kappa shape index (κ1) is 10.6. The van der Waals surface area contributed by atoms with Crippen molar-refractivity contribution in [2.45, 2.75) is 12.8 Å². The van der Waals surface area contributed by atoms with Crippen molar-refractivity contribution in [1.29, 1.82) is 0 Å². The number of rotatable bonds is 3. The van der Waals surface area contributed by atoms with Gasteiger partial charge in [0, 0.05) is 0 Å². The number of allylic oxidation sites excluding steroid dienone is 2. The minimum absolute atomic E-state index is 0.197. The van der Waals surface area contributed by atoms with Crippen molar-refractivity contribution in [2.75, 3.05) is 6.61 Å². The molecule has 0 spiro atoms. The molecule has 1 aromatic rings. The van der Waals surface area contributed by atoms with Crippen LogP contribution in [0.3, 0.4) is 0 Å². The molecule has 88 valence electrons. The summed E-state index contributed by atoms with van der Waals surface area (Å²) in [4.78, 5) is 11.8. The van der Waals surface area contributed by atoms with Crippen LogP contribution in [0, 0.1) is 17.8 Å². The molecule has 2 aliphatic rings. The topological polar surface area (TPSA) is 26.3 Å². The molecule has 3 atom stereocenters. The Kier molecular flexibility index (Phi) is 2.71. The van der Waals surface area contributed by atoms with Gasteiger partial charge in [-0.3, -0.25) is 0 Å². The number of benzene rings is 1. The second-order valence-corrected chi connectivity index (χ2v) is 5.00. The van der Waals surface area contributed by atoms with E-state index in [0.29, 0.717) is 24.0 Å². The van der Waals surface area contributed by atoms with E-state index in [1.165, 1.54) is 12.8 Å². The fraction of sp³-hybridized carbons (Fsp3) is 0.400. The van der Waals surface area contributed by atoms with E-state index in [-0.39, 0.29) is 5.97 Å². The third kappa shape index (κ3) is 2.12. The molecule has 2 nitrogen and oxygen atoms in total. The van der Waals surface area contributed by atoms with E-state index in [0.717, 1.165) is 5.92 Å². The Bertz CT molecular complexity index is 435. The molecule has 0 saturated heterocycles. The summed E-state index contributed by atoms with van der Waals surface area (Å²) in [6.07, 6.45) is 7.03. The molecule has 2 bridgehead atoms. The van der Waals surface area contributed by atoms with Crippen LogP contribution < -0.4 is 0 Å². The summed E-state index contributed by atoms with van der Waals surface area (Å²) in [5.74, 6) is 1.72. The second-order valence-electron chi connectivity index (χ2n) is 5.00. The summed E-state index contributed by atoms with van der Waals surface area (Å²) in [7, 11) is 0. The molecule has 0 heterocycles. The van der Waals surface area contributed by atoms with Crippen molar-refractivity contribution in [3.8, 4) is 0 Å². The Balaban J connectivity index is 1.55. The SMILES string of the molecule is O=C(OC[C@H]1C[C@H]2C=C[C@@H]1C2)c1ccccc1. The average molecular weight is 228 g/mol. The Morgan fingerprint density at radius 3 is 2.65 bits per heavy atom. The fourth-order valence-corrected chi connectivity index (χ4v) is 2.93. The van der Waals surface area contributed by atoms with E-state index in [9.17, 15) is 4.79 Å². The Labute approximate surface area is 101 Å². The van der Waals surface area contributed by atoms with Crippen LogP contribution in [0.15, 0.2) is 42.5 Å². The largest absolute Gasteiger partial charge is 0.462 e. The van der Waals surface area contributed by atoms with E-state index < -0.39 is 0 Å². The molecule has 0 N–H and O–H groups in total. The summed E-state index contributed by atoms with van der Waals surface area (Å²) >= 11 is 0. The molecule has 1 aromatic carbocycles. The predicted molar refractivity (Wildman–Crippen MR) is 65.6 cm³/mol. The summed E-state index contributed by atoms with van der Waals surface area (Å²) in [6, 6.07) is 9.21. The van der Waals surface area contributed by atoms with Crippen molar-refractivity contribution in [3.63, 3.8) is 0 Å². The maximum atomic E-state index is 11.8. The first-order valence-corrected chi connectivity index (χ1v) is 6.23. The van der Waals surface area contributed by atoms with Gasteiger partial charge in [0.15, 0.2) is 0 Å². The van der Waals surface area contributed by atoms with E-state index in [1.807, 2.05) is 18.2 Å². The molecule has 1 fully saturated rings. The van der Waals surface area contributed by atoms with Crippen LogP contribution >= 0.6 is 0 Å². The van der Waals surface area contributed by atoms with Gasteiger partial charge in [-0.2, -0.15) is 0 Å². The third-order valence-electron chi connectivity index (χ3n) is 3.85. The predicted octanol–water partition coefficient (Wildman–Crippen LogP) is 3.06. The van der Waals surface area contributed by atoms with Gasteiger partial charge in [0.05, 0.1) is 12.2 Å². The highest BCUT2D eigenvalue weighted by molar-refractivity contribution is 5.89. The third-order valence-corrected chi connectivity index (χ3v) is 3.85. The van der Waals surface area contributed by atoms with Crippen LogP contribution in [0.1, 0.15) is 23.2 Å². The van der Waals surface area contributed by atoms with Crippen LogP contribution in [0.5, 0.6) is 0 Å². The van der Waals surface area contributed by atoms with Crippen LogP contribution in [0.4, 0.5) is 0 Å². The quantitative estimate of drug-likeness (QED) is 0.587. The van der Waals surface area contributed by atoms with E-state index in [1.54, 1.807) is 12.1 Å². The maximum absolute atomic E-state index is 11.8. The van der Waals surface area contributed by atoms with Crippen molar-refractivity contribution >= 4 is 5.97 Å². The first-order chi connectivity index (χ1) is 8.33. The molecule has 3 rings (SSSR count). The van der Waals surface area contributed by atoms with Crippen molar-refractivity contribution < 1.29 is 9.53 Å². The zero-order valence-corrected chi connectivity index (χ0v) is 9.71. The Morgan fingerprint density at radius 2 is 2.00 bits per heavy atom. The lowest BCUT2D eigenvalue weighted by Gasteiger charge is -2.17. The lowest BCUT2D eigenvalue weighted by molar-refractivity contribution is 0.0421. The zero-order chi connectivity index (χ0) is 11.7. The molecule has 0 aromatic heterocycles. The molecule has 0 amide bonds. The minimum atomic E-state index is -0.197. The molecular weight excluding hydrogens is 212 g/mol. The smallest absolute Gasteiger partial charge is 0.338 e. The number of ether oxygens (including phenoxy) is 1. The minimum Gasteiger partial charge on any atom is -0.462 e. The van der Waals surface area contributed by atoms with Gasteiger partial charge >= 0.3 is 5.97 Å². The molecule has 17 heavy (non-hydrogen) atoms. The van der Waals surface area contributed by atoms with E-state index in [4.69, 9.17) is 4.74 Å². The normalized spacial score (nSPS) is 29.5. The standard InChI is InChI=1S/C15H16O2/c16-15(12-4-2-1-3-5-12)17-10-14-9-11-6-7-13(14)8-11/h1-7,11,13-14H,8-10H2/t11-,13+,14+/m0/s1. The molecular formula is C15H16O2. The number of carbonyl (C=O) groups is 1. The first-order valence-electron chi connectivity index (χ1n) is 6.23. The molecule has 0 unspecified atom stereocenters. The van der Waals surface area contributed by atoms with Gasteiger partial charge in [-0.05, 0) is 42.7 Å². The van der Waals surface area contributed by atoms with Gasteiger partial charge in [0.1, 0.15) is 0 Å². The summed E-state index contributed by atoms with van der Waals surface area (Å²) in [5.41, 5.74) is 0.645. The van der Waals surface area contributed by atoms with Crippen LogP contribution in [0.2, 0.25) is 0 Å². The number of carbonyl (C=O) groups excluding carboxylic acids is 1. The fourth-order valence-electron chi connectivity index (χ4n) is 2.93. The molecule has 2 aliphatic carbocycles. The summed E-state index contributed by atoms with van der Waals surface area (Å²) in [5, 5.41) is 0. The van der Waals surface area contributed by atoms with Gasteiger partial charge in [0.25, 0.3) is 0 Å². The van der Waals surface area contributed by atoms with Crippen molar-refractivity contribution in [1.82, 2.24) is 0 Å². The zero-order valence-electron chi connectivity index (χ0n) is 9.71. The van der Waals surface area contributed by atoms with Crippen LogP contribution in [-0.4, -0.2) is 12.6 Å². The number of fused-ring (bicyclic) bond motifs is 2. The summed E-state index contributed by atoms with van der Waals surface area (Å²) in [6.45, 7) is 0.569. The maximum Gasteiger partial charge on any atom is 0.338 e. The van der Waals surface area contributed by atoms with Crippen LogP contribution in [0.25, 0.3) is 0 Å². The average Bonchev–Trinajstić information content (AvgIpc) is 2.99. The Hall–Kier alpha value is -1.57. The highest BCUT2D eigenvalue weighted by atomic mass is 16.5. The van der Waals surface area contributed by atoms with Gasteiger partial charge in [-0.25, -0.2) is 4.79 Å². The highest BCUT2D eigenvalue weighted by Crippen LogP contribution is 2.43. The number of hydrogen-bond donors (Lipinski definition) is 0. The molecule has 0 radical (unpaired) electrons. The lowest BCUT2D eigenvalue weighted by Crippen LogP contribution is -2.17. The van der Waals surface area contributed by atoms with Crippen LogP contribution in [-0.2, 0) is 4.74 Å². The monoisotopic (exact) mass is 228 g/mol. The van der Waals surface area contributed by atoms with E-state index >= 15 is 0 Å². The van der Waals surface area contributed by atoms with Gasteiger partial charge in [-0.15, -0.1) is 0 Å². The van der Waals surface area contributed by atoms with Gasteiger partial charge in [0.2, 0.25) is 0 Å². The second kappa shape index (κ2) is 4.36. The number of hydrogen-bond acceptors (Lipinski definition) is 2. The molecule has 0 aliphatic heterocycles. The molecule has 2 heteroatoms. The van der Waals surface area contributed by atoms with Gasteiger partial charge < -0.3 is 4.74 Å². The molecule has 1 saturated carbocycles. The Morgan fingerprint density at radius 1 is 1.18 bits per heavy atom. The van der Waals surface area contributed by atoms with Gasteiger partial charge in [-0.1, -0.05) is 30.4 Å². The number of esters is 1. The lowest BCUT2D eigenvalue weighted by atomic mass is 9.95.